The predicted octanol–water partition coefficient (Wildman–Crippen LogP) is 7.26. The summed E-state index contributed by atoms with van der Waals surface area (Å²) < 4.78 is 89.8. The molecule has 3 aromatic carbocycles. The maximum absolute atomic E-state index is 14.5. The van der Waals surface area contributed by atoms with E-state index in [1.54, 1.807) is 52.0 Å². The highest BCUT2D eigenvalue weighted by Crippen LogP contribution is 2.38. The van der Waals surface area contributed by atoms with Gasteiger partial charge in [-0.25, -0.2) is 17.6 Å². The molecule has 2 amide bonds. The van der Waals surface area contributed by atoms with Crippen LogP contribution in [0.2, 0.25) is 0 Å². The van der Waals surface area contributed by atoms with Crippen LogP contribution >= 0.6 is 0 Å². The summed E-state index contributed by atoms with van der Waals surface area (Å²) in [5.74, 6) is -0.633. The minimum absolute atomic E-state index is 0.0308. The van der Waals surface area contributed by atoms with Crippen molar-refractivity contribution < 1.29 is 35.3 Å². The van der Waals surface area contributed by atoms with E-state index in [-0.39, 0.29) is 11.3 Å². The van der Waals surface area contributed by atoms with Crippen LogP contribution in [0.3, 0.4) is 0 Å². The van der Waals surface area contributed by atoms with Crippen LogP contribution in [0.4, 0.5) is 33.7 Å². The number of aromatic nitrogens is 1. The first-order chi connectivity index (χ1) is 21.2. The van der Waals surface area contributed by atoms with Crippen LogP contribution in [0.5, 0.6) is 0 Å². The lowest BCUT2D eigenvalue weighted by molar-refractivity contribution is -0.137. The molecule has 2 atom stereocenters. The third-order valence-electron chi connectivity index (χ3n) is 7.67. The van der Waals surface area contributed by atoms with Gasteiger partial charge in [0.15, 0.2) is 5.76 Å². The summed E-state index contributed by atoms with van der Waals surface area (Å²) in [7, 11) is -4.19. The minimum atomic E-state index is -4.77. The number of aryl methyl sites for hydroxylation is 3. The number of alkyl halides is 3. The zero-order valence-electron chi connectivity index (χ0n) is 24.7. The van der Waals surface area contributed by atoms with Gasteiger partial charge in [0, 0.05) is 5.56 Å². The Balaban J connectivity index is 1.54. The van der Waals surface area contributed by atoms with Crippen LogP contribution in [-0.2, 0) is 22.6 Å². The summed E-state index contributed by atoms with van der Waals surface area (Å²) in [6.07, 6.45) is -2.20. The smallest absolute Gasteiger partial charge is 0.359 e. The van der Waals surface area contributed by atoms with E-state index in [1.807, 2.05) is 0 Å². The third kappa shape index (κ3) is 6.44. The minimum Gasteiger partial charge on any atom is -0.359 e. The van der Waals surface area contributed by atoms with E-state index < -0.39 is 51.3 Å². The normalized spacial score (nSPS) is 16.9. The lowest BCUT2D eigenvalue weighted by Crippen LogP contribution is -2.57. The Kier molecular flexibility index (Phi) is 8.49. The Morgan fingerprint density at radius 2 is 1.78 bits per heavy atom. The molecule has 236 valence electrons. The van der Waals surface area contributed by atoms with Gasteiger partial charge < -0.3 is 15.2 Å². The van der Waals surface area contributed by atoms with Gasteiger partial charge in [-0.2, -0.15) is 13.2 Å². The number of rotatable bonds is 6. The Labute approximate surface area is 257 Å². The standard InChI is InChI=1S/C32H30F4N4O4S/c1-18-7-5-8-24(15-18)45(42,43)40-20(3)28(37-31(41)38-30-19(2)39-44-21(30)4)17-23-13-11-22(16-29(23)40)12-14-25-26(32(34,35)36)9-6-10-27(25)33/h5-16,20,28H,17H2,1-4H3,(H2,37,38,41)/b14-12+/t20-,28-/m1/s1. The van der Waals surface area contributed by atoms with Crippen molar-refractivity contribution in [3.8, 4) is 0 Å². The van der Waals surface area contributed by atoms with Crippen LogP contribution in [0.15, 0.2) is 70.1 Å². The fourth-order valence-corrected chi connectivity index (χ4v) is 7.20. The van der Waals surface area contributed by atoms with Crippen molar-refractivity contribution in [1.82, 2.24) is 10.5 Å². The monoisotopic (exact) mass is 642 g/mol. The maximum atomic E-state index is 14.5. The van der Waals surface area contributed by atoms with E-state index in [9.17, 15) is 30.8 Å². The van der Waals surface area contributed by atoms with Crippen molar-refractivity contribution in [2.45, 2.75) is 57.3 Å². The first kappa shape index (κ1) is 31.8. The van der Waals surface area contributed by atoms with Crippen LogP contribution < -0.4 is 14.9 Å². The Morgan fingerprint density at radius 1 is 1.04 bits per heavy atom. The first-order valence-electron chi connectivity index (χ1n) is 13.9. The number of urea groups is 1. The number of halogens is 4. The van der Waals surface area contributed by atoms with Crippen molar-refractivity contribution >= 4 is 39.6 Å². The van der Waals surface area contributed by atoms with E-state index in [0.717, 1.165) is 29.8 Å². The molecule has 0 aliphatic carbocycles. The van der Waals surface area contributed by atoms with Gasteiger partial charge in [-0.3, -0.25) is 4.31 Å². The lowest BCUT2D eigenvalue weighted by Gasteiger charge is -2.41. The highest BCUT2D eigenvalue weighted by Gasteiger charge is 2.40. The number of nitrogens with zero attached hydrogens (tertiary/aromatic N) is 2. The fourth-order valence-electron chi connectivity index (χ4n) is 5.37. The number of carbonyl (C=O) groups is 1. The maximum Gasteiger partial charge on any atom is 0.417 e. The molecule has 13 heteroatoms. The number of hydrogen-bond donors (Lipinski definition) is 2. The molecule has 1 aromatic heterocycles. The number of benzene rings is 3. The predicted molar refractivity (Wildman–Crippen MR) is 163 cm³/mol. The van der Waals surface area contributed by atoms with Gasteiger partial charge in [0.2, 0.25) is 0 Å². The van der Waals surface area contributed by atoms with E-state index in [2.05, 4.69) is 15.8 Å². The van der Waals surface area contributed by atoms with Gasteiger partial charge in [-0.1, -0.05) is 47.6 Å². The Bertz CT molecular complexity index is 1880. The van der Waals surface area contributed by atoms with Crippen molar-refractivity contribution in [2.24, 2.45) is 0 Å². The van der Waals surface area contributed by atoms with Crippen molar-refractivity contribution in [3.63, 3.8) is 0 Å². The van der Waals surface area contributed by atoms with Crippen LogP contribution in [0.25, 0.3) is 12.2 Å². The highest BCUT2D eigenvalue weighted by molar-refractivity contribution is 7.92. The van der Waals surface area contributed by atoms with Crippen molar-refractivity contribution in [1.29, 1.82) is 0 Å². The lowest BCUT2D eigenvalue weighted by atomic mass is 9.92. The Morgan fingerprint density at radius 3 is 2.44 bits per heavy atom. The summed E-state index contributed by atoms with van der Waals surface area (Å²) in [4.78, 5) is 13.1. The number of nitrogens with one attached hydrogen (secondary N) is 2. The average Bonchev–Trinajstić information content (AvgIpc) is 3.28. The zero-order valence-corrected chi connectivity index (χ0v) is 25.6. The van der Waals surface area contributed by atoms with Crippen LogP contribution in [0.1, 0.15) is 46.2 Å². The molecule has 2 heterocycles. The van der Waals surface area contributed by atoms with Crippen LogP contribution in [-0.4, -0.2) is 31.7 Å². The highest BCUT2D eigenvalue weighted by atomic mass is 32.2. The second-order valence-electron chi connectivity index (χ2n) is 10.9. The molecule has 0 fully saturated rings. The summed E-state index contributed by atoms with van der Waals surface area (Å²) in [5, 5.41) is 9.40. The van der Waals surface area contributed by atoms with Gasteiger partial charge in [-0.05, 0) is 81.1 Å². The fraction of sp³-hybridized carbons (Fsp3) is 0.250. The molecule has 45 heavy (non-hydrogen) atoms. The van der Waals surface area contributed by atoms with Gasteiger partial charge >= 0.3 is 12.2 Å². The number of amides is 2. The zero-order chi connectivity index (χ0) is 32.7. The second kappa shape index (κ2) is 12.0. The largest absolute Gasteiger partial charge is 0.417 e. The van der Waals surface area contributed by atoms with E-state index >= 15 is 0 Å². The number of anilines is 2. The molecule has 1 aliphatic heterocycles. The number of hydrogen-bond acceptors (Lipinski definition) is 5. The second-order valence-corrected chi connectivity index (χ2v) is 12.7. The number of sulfonamides is 1. The molecule has 2 N–H and O–H groups in total. The molecule has 5 rings (SSSR count). The van der Waals surface area contributed by atoms with E-state index in [0.29, 0.717) is 34.0 Å². The molecule has 0 bridgehead atoms. The molecule has 0 saturated heterocycles. The molecular weight excluding hydrogens is 612 g/mol. The van der Waals surface area contributed by atoms with Crippen molar-refractivity contribution in [2.75, 3.05) is 9.62 Å². The molecule has 1 aliphatic rings. The molecule has 4 aromatic rings. The van der Waals surface area contributed by atoms with Gasteiger partial charge in [0.05, 0.1) is 28.2 Å². The summed E-state index contributed by atoms with van der Waals surface area (Å²) in [6.45, 7) is 6.74. The molecule has 0 radical (unpaired) electrons. The van der Waals surface area contributed by atoms with Gasteiger partial charge in [0.25, 0.3) is 10.0 Å². The number of carbonyl (C=O) groups excluding carboxylic acids is 1. The summed E-state index contributed by atoms with van der Waals surface area (Å²) in [6, 6.07) is 11.8. The molecule has 0 unspecified atom stereocenters. The van der Waals surface area contributed by atoms with Gasteiger partial charge in [-0.15, -0.1) is 0 Å². The number of fused-ring (bicyclic) bond motifs is 1. The average molecular weight is 643 g/mol. The SMILES string of the molecule is Cc1cccc(S(=O)(=O)N2c3cc(/C=C/c4c(F)cccc4C(F)(F)F)ccc3C[C@@H](NC(=O)Nc3c(C)noc3C)[C@H]2C)c1. The molecule has 8 nitrogen and oxygen atoms in total. The summed E-state index contributed by atoms with van der Waals surface area (Å²) >= 11 is 0. The van der Waals surface area contributed by atoms with E-state index in [4.69, 9.17) is 4.52 Å². The topological polar surface area (TPSA) is 105 Å². The third-order valence-corrected chi connectivity index (χ3v) is 9.57. The molecule has 0 spiro atoms. The Hall–Kier alpha value is -4.65. The van der Waals surface area contributed by atoms with Crippen LogP contribution in [0, 0.1) is 26.6 Å². The quantitative estimate of drug-likeness (QED) is 0.170. The molecule has 0 saturated carbocycles. The van der Waals surface area contributed by atoms with Gasteiger partial charge in [0.1, 0.15) is 17.2 Å². The summed E-state index contributed by atoms with van der Waals surface area (Å²) in [5.41, 5.74) is 1.06. The molecular formula is C32H30F4N4O4S. The van der Waals surface area contributed by atoms with Crippen molar-refractivity contribution in [3.05, 3.63) is 106 Å². The van der Waals surface area contributed by atoms with E-state index in [1.165, 1.54) is 28.6 Å². The first-order valence-corrected chi connectivity index (χ1v) is 15.4.